The molecule has 1 fully saturated rings. The Bertz CT molecular complexity index is 412. The van der Waals surface area contributed by atoms with Crippen molar-refractivity contribution in [2.75, 3.05) is 12.3 Å². The molecule has 4 N–H and O–H groups in total. The molecule has 0 heterocycles. The number of anilines is 1. The lowest BCUT2D eigenvalue weighted by Crippen LogP contribution is -2.33. The molecular formula is C12H15IN2O2. The van der Waals surface area contributed by atoms with Crippen molar-refractivity contribution >= 4 is 34.2 Å². The zero-order chi connectivity index (χ0) is 12.4. The average molecular weight is 346 g/mol. The molecule has 1 aliphatic carbocycles. The molecule has 17 heavy (non-hydrogen) atoms. The Morgan fingerprint density at radius 2 is 2.24 bits per heavy atom. The van der Waals surface area contributed by atoms with Crippen molar-refractivity contribution < 1.29 is 9.90 Å². The standard InChI is InChI=1S/C12H15IN2O2/c13-9-3-8(4-10(14)5-9)12(17)15-6-11(16)7-1-2-7/h3-5,7,11,16H,1-2,6,14H2,(H,15,17). The van der Waals surface area contributed by atoms with Crippen LogP contribution in [0, 0.1) is 9.49 Å². The minimum atomic E-state index is -0.418. The van der Waals surface area contributed by atoms with Crippen LogP contribution < -0.4 is 11.1 Å². The predicted molar refractivity (Wildman–Crippen MR) is 74.6 cm³/mol. The lowest BCUT2D eigenvalue weighted by Gasteiger charge is -2.11. The summed E-state index contributed by atoms with van der Waals surface area (Å²) in [6, 6.07) is 5.22. The zero-order valence-corrected chi connectivity index (χ0v) is 11.5. The van der Waals surface area contributed by atoms with E-state index in [4.69, 9.17) is 5.73 Å². The topological polar surface area (TPSA) is 75.4 Å². The quantitative estimate of drug-likeness (QED) is 0.570. The molecule has 1 atom stereocenters. The number of hydrogen-bond donors (Lipinski definition) is 3. The Morgan fingerprint density at radius 1 is 1.53 bits per heavy atom. The molecule has 1 saturated carbocycles. The highest BCUT2D eigenvalue weighted by Crippen LogP contribution is 2.32. The van der Waals surface area contributed by atoms with Crippen molar-refractivity contribution in [1.82, 2.24) is 5.32 Å². The monoisotopic (exact) mass is 346 g/mol. The van der Waals surface area contributed by atoms with Crippen LogP contribution in [-0.2, 0) is 0 Å². The van der Waals surface area contributed by atoms with E-state index in [1.807, 2.05) is 0 Å². The third kappa shape index (κ3) is 3.57. The molecule has 0 spiro atoms. The summed E-state index contributed by atoms with van der Waals surface area (Å²) in [4.78, 5) is 11.8. The van der Waals surface area contributed by atoms with E-state index >= 15 is 0 Å². The van der Waals surface area contributed by atoms with E-state index in [9.17, 15) is 9.90 Å². The van der Waals surface area contributed by atoms with Crippen LogP contribution in [-0.4, -0.2) is 23.7 Å². The fourth-order valence-corrected chi connectivity index (χ4v) is 2.39. The first-order chi connectivity index (χ1) is 8.06. The van der Waals surface area contributed by atoms with Crippen LogP contribution in [0.2, 0.25) is 0 Å². The van der Waals surface area contributed by atoms with Gasteiger partial charge >= 0.3 is 0 Å². The first kappa shape index (κ1) is 12.6. The minimum absolute atomic E-state index is 0.185. The molecule has 1 aromatic rings. The summed E-state index contributed by atoms with van der Waals surface area (Å²) in [6.45, 7) is 0.314. The molecule has 4 nitrogen and oxygen atoms in total. The molecule has 1 aliphatic rings. The molecule has 0 aliphatic heterocycles. The van der Waals surface area contributed by atoms with E-state index in [0.717, 1.165) is 16.4 Å². The number of carbonyl (C=O) groups excluding carboxylic acids is 1. The molecule has 1 unspecified atom stereocenters. The first-order valence-corrected chi connectivity index (χ1v) is 6.66. The van der Waals surface area contributed by atoms with Crippen LogP contribution in [0.1, 0.15) is 23.2 Å². The largest absolute Gasteiger partial charge is 0.399 e. The second-order valence-corrected chi connectivity index (χ2v) is 5.63. The maximum atomic E-state index is 11.8. The highest BCUT2D eigenvalue weighted by molar-refractivity contribution is 14.1. The molecule has 0 bridgehead atoms. The second-order valence-electron chi connectivity index (χ2n) is 4.39. The molecular weight excluding hydrogens is 331 g/mol. The van der Waals surface area contributed by atoms with Gasteiger partial charge in [-0.25, -0.2) is 0 Å². The van der Waals surface area contributed by atoms with Crippen molar-refractivity contribution in [2.24, 2.45) is 5.92 Å². The number of rotatable bonds is 4. The number of nitrogens with two attached hydrogens (primary N) is 1. The number of carbonyl (C=O) groups is 1. The van der Waals surface area contributed by atoms with Gasteiger partial charge in [-0.05, 0) is 59.5 Å². The van der Waals surface area contributed by atoms with Gasteiger partial charge in [-0.3, -0.25) is 4.79 Å². The number of aliphatic hydroxyl groups excluding tert-OH is 1. The van der Waals surface area contributed by atoms with Crippen molar-refractivity contribution in [1.29, 1.82) is 0 Å². The SMILES string of the molecule is Nc1cc(I)cc(C(=O)NCC(O)C2CC2)c1. The van der Waals surface area contributed by atoms with Gasteiger partial charge in [0.25, 0.3) is 5.91 Å². The van der Waals surface area contributed by atoms with Gasteiger partial charge in [-0.1, -0.05) is 0 Å². The number of aliphatic hydroxyl groups is 1. The number of halogens is 1. The van der Waals surface area contributed by atoms with E-state index in [1.165, 1.54) is 0 Å². The summed E-state index contributed by atoms with van der Waals surface area (Å²) in [5, 5.41) is 12.4. The smallest absolute Gasteiger partial charge is 0.251 e. The molecule has 1 amide bonds. The average Bonchev–Trinajstić information content (AvgIpc) is 3.07. The van der Waals surface area contributed by atoms with Crippen LogP contribution in [0.25, 0.3) is 0 Å². The summed E-state index contributed by atoms with van der Waals surface area (Å²) < 4.78 is 0.926. The fraction of sp³-hybridized carbons (Fsp3) is 0.417. The Kier molecular flexibility index (Phi) is 3.88. The van der Waals surface area contributed by atoms with Crippen LogP contribution in [0.3, 0.4) is 0 Å². The summed E-state index contributed by atoms with van der Waals surface area (Å²) >= 11 is 2.12. The van der Waals surface area contributed by atoms with E-state index < -0.39 is 6.10 Å². The molecule has 5 heteroatoms. The van der Waals surface area contributed by atoms with E-state index in [1.54, 1.807) is 18.2 Å². The Morgan fingerprint density at radius 3 is 2.82 bits per heavy atom. The summed E-state index contributed by atoms with van der Waals surface area (Å²) in [7, 11) is 0. The van der Waals surface area contributed by atoms with Gasteiger partial charge in [-0.2, -0.15) is 0 Å². The predicted octanol–water partition coefficient (Wildman–Crippen LogP) is 1.37. The van der Waals surface area contributed by atoms with Crippen LogP contribution >= 0.6 is 22.6 Å². The third-order valence-corrected chi connectivity index (χ3v) is 3.44. The number of nitrogens with one attached hydrogen (secondary N) is 1. The van der Waals surface area contributed by atoms with Crippen molar-refractivity contribution in [3.63, 3.8) is 0 Å². The zero-order valence-electron chi connectivity index (χ0n) is 9.32. The number of hydrogen-bond acceptors (Lipinski definition) is 3. The lowest BCUT2D eigenvalue weighted by atomic mass is 10.2. The third-order valence-electron chi connectivity index (χ3n) is 2.82. The van der Waals surface area contributed by atoms with E-state index in [-0.39, 0.29) is 5.91 Å². The first-order valence-electron chi connectivity index (χ1n) is 5.58. The number of nitrogen functional groups attached to an aromatic ring is 1. The van der Waals surface area contributed by atoms with Gasteiger partial charge in [-0.15, -0.1) is 0 Å². The van der Waals surface area contributed by atoms with Crippen LogP contribution in [0.5, 0.6) is 0 Å². The van der Waals surface area contributed by atoms with Crippen molar-refractivity contribution in [3.8, 4) is 0 Å². The van der Waals surface area contributed by atoms with Crippen LogP contribution in [0.15, 0.2) is 18.2 Å². The molecule has 0 aromatic heterocycles. The summed E-state index contributed by atoms with van der Waals surface area (Å²) in [5.74, 6) is 0.186. The van der Waals surface area contributed by atoms with Gasteiger partial charge < -0.3 is 16.2 Å². The van der Waals surface area contributed by atoms with Gasteiger partial charge in [0.2, 0.25) is 0 Å². The summed E-state index contributed by atoms with van der Waals surface area (Å²) in [6.07, 6.45) is 1.71. The highest BCUT2D eigenvalue weighted by Gasteiger charge is 2.29. The summed E-state index contributed by atoms with van der Waals surface area (Å²) in [5.41, 5.74) is 6.79. The van der Waals surface area contributed by atoms with Gasteiger partial charge in [0.1, 0.15) is 0 Å². The molecule has 0 radical (unpaired) electrons. The maximum absolute atomic E-state index is 11.8. The second kappa shape index (κ2) is 5.22. The molecule has 2 rings (SSSR count). The molecule has 92 valence electrons. The highest BCUT2D eigenvalue weighted by atomic mass is 127. The molecule has 0 saturated heterocycles. The normalized spacial score (nSPS) is 16.6. The van der Waals surface area contributed by atoms with Crippen molar-refractivity contribution in [3.05, 3.63) is 27.3 Å². The molecule has 1 aromatic carbocycles. The number of benzene rings is 1. The van der Waals surface area contributed by atoms with Gasteiger partial charge in [0.05, 0.1) is 6.10 Å². The Hall–Kier alpha value is -0.820. The van der Waals surface area contributed by atoms with Gasteiger partial charge in [0.15, 0.2) is 0 Å². The number of amides is 1. The van der Waals surface area contributed by atoms with E-state index in [2.05, 4.69) is 27.9 Å². The van der Waals surface area contributed by atoms with Crippen molar-refractivity contribution in [2.45, 2.75) is 18.9 Å². The maximum Gasteiger partial charge on any atom is 0.251 e. The van der Waals surface area contributed by atoms with E-state index in [0.29, 0.717) is 23.7 Å². The Balaban J connectivity index is 1.94. The lowest BCUT2D eigenvalue weighted by molar-refractivity contribution is 0.0901. The van der Waals surface area contributed by atoms with Gasteiger partial charge in [0, 0.05) is 21.4 Å². The fourth-order valence-electron chi connectivity index (χ4n) is 1.69. The Labute approximate surface area is 114 Å². The van der Waals surface area contributed by atoms with Crippen LogP contribution in [0.4, 0.5) is 5.69 Å². The minimum Gasteiger partial charge on any atom is -0.399 e.